The summed E-state index contributed by atoms with van der Waals surface area (Å²) in [5.41, 5.74) is -0.525. The number of hydrogen-bond acceptors (Lipinski definition) is 4. The van der Waals surface area contributed by atoms with E-state index in [0.717, 1.165) is 0 Å². The summed E-state index contributed by atoms with van der Waals surface area (Å²) < 4.78 is 0. The minimum atomic E-state index is -0.525. The van der Waals surface area contributed by atoms with Gasteiger partial charge in [-0.2, -0.15) is 12.6 Å². The number of Topliss-reactive ketones (excluding diaryl/α,β-unsaturated/α-hetero) is 1. The molecule has 0 spiro atoms. The van der Waals surface area contributed by atoms with Gasteiger partial charge in [0.05, 0.1) is 5.37 Å². The van der Waals surface area contributed by atoms with Crippen molar-refractivity contribution in [1.82, 2.24) is 10.6 Å². The van der Waals surface area contributed by atoms with Gasteiger partial charge in [0.1, 0.15) is 0 Å². The average molecular weight is 146 g/mol. The Labute approximate surface area is 59.6 Å². The summed E-state index contributed by atoms with van der Waals surface area (Å²) in [5, 5.41) is 5.75. The van der Waals surface area contributed by atoms with E-state index in [1.165, 1.54) is 0 Å². The van der Waals surface area contributed by atoms with Crippen LogP contribution in [0.25, 0.3) is 0 Å². The van der Waals surface area contributed by atoms with Crippen LogP contribution >= 0.6 is 12.6 Å². The van der Waals surface area contributed by atoms with Gasteiger partial charge in [0.25, 0.3) is 0 Å². The molecule has 0 amide bonds. The summed E-state index contributed by atoms with van der Waals surface area (Å²) in [6.07, 6.45) is 0. The third-order valence-electron chi connectivity index (χ3n) is 1.64. The molecule has 4 heteroatoms. The first-order valence-electron chi connectivity index (χ1n) is 2.79. The fourth-order valence-corrected chi connectivity index (χ4v) is 1.37. The van der Waals surface area contributed by atoms with Crippen molar-refractivity contribution in [1.29, 1.82) is 0 Å². The molecule has 1 fully saturated rings. The molecule has 1 heterocycles. The molecule has 2 unspecified atom stereocenters. The third-order valence-corrected chi connectivity index (χ3v) is 2.16. The molecule has 0 aromatic carbocycles. The van der Waals surface area contributed by atoms with Gasteiger partial charge >= 0.3 is 0 Å². The first-order valence-corrected chi connectivity index (χ1v) is 3.31. The highest BCUT2D eigenvalue weighted by Gasteiger charge is 2.54. The molecule has 0 aromatic heterocycles. The van der Waals surface area contributed by atoms with E-state index in [4.69, 9.17) is 0 Å². The van der Waals surface area contributed by atoms with Crippen molar-refractivity contribution < 1.29 is 4.79 Å². The fourth-order valence-electron chi connectivity index (χ4n) is 0.853. The Morgan fingerprint density at radius 1 is 1.89 bits per heavy atom. The summed E-state index contributed by atoms with van der Waals surface area (Å²) in [7, 11) is 1.74. The van der Waals surface area contributed by atoms with Gasteiger partial charge < -0.3 is 0 Å². The van der Waals surface area contributed by atoms with E-state index < -0.39 is 5.66 Å². The van der Waals surface area contributed by atoms with E-state index >= 15 is 0 Å². The number of ketones is 1. The Bertz CT molecular complexity index is 146. The minimum Gasteiger partial charge on any atom is -0.296 e. The zero-order chi connectivity index (χ0) is 7.07. The zero-order valence-corrected chi connectivity index (χ0v) is 6.33. The normalized spacial score (nSPS) is 40.6. The Morgan fingerprint density at radius 2 is 2.33 bits per heavy atom. The monoisotopic (exact) mass is 146 g/mol. The van der Waals surface area contributed by atoms with Gasteiger partial charge in [-0.25, -0.2) is 0 Å². The molecular formula is C5H10N2OS. The molecule has 2 atom stereocenters. The number of thiol groups is 1. The van der Waals surface area contributed by atoms with Crippen LogP contribution in [0.2, 0.25) is 0 Å². The maximum Gasteiger partial charge on any atom is 0.166 e. The van der Waals surface area contributed by atoms with Crippen LogP contribution in [0.1, 0.15) is 6.92 Å². The van der Waals surface area contributed by atoms with Crippen molar-refractivity contribution in [2.24, 2.45) is 0 Å². The van der Waals surface area contributed by atoms with E-state index in [9.17, 15) is 4.79 Å². The lowest BCUT2D eigenvalue weighted by Crippen LogP contribution is -2.40. The van der Waals surface area contributed by atoms with Gasteiger partial charge in [-0.1, -0.05) is 0 Å². The number of nitrogens with one attached hydrogen (secondary N) is 2. The summed E-state index contributed by atoms with van der Waals surface area (Å²) in [6.45, 7) is 1.54. The molecule has 0 bridgehead atoms. The van der Waals surface area contributed by atoms with Crippen molar-refractivity contribution in [2.45, 2.75) is 18.0 Å². The van der Waals surface area contributed by atoms with E-state index in [0.29, 0.717) is 0 Å². The van der Waals surface area contributed by atoms with Gasteiger partial charge in [0, 0.05) is 0 Å². The predicted octanol–water partition coefficient (Wildman–Crippen LogP) is -0.650. The van der Waals surface area contributed by atoms with Crippen LogP contribution in [0.3, 0.4) is 0 Å². The second kappa shape index (κ2) is 1.97. The standard InChI is InChI=1S/C5H10N2OS/c1-3(8)5(6-2)4(9)7-5/h4,6-7,9H,1-2H3. The Kier molecular flexibility index (Phi) is 1.54. The number of likely N-dealkylation sites (N-methyl/N-ethyl adjacent to an activating group) is 1. The summed E-state index contributed by atoms with van der Waals surface area (Å²) in [6, 6.07) is 0. The number of carbonyl (C=O) groups excluding carboxylic acids is 1. The molecule has 0 saturated carbocycles. The SMILES string of the molecule is CNC1(C(C)=O)NC1S. The summed E-state index contributed by atoms with van der Waals surface area (Å²) >= 11 is 4.08. The van der Waals surface area contributed by atoms with Gasteiger partial charge in [-0.05, 0) is 14.0 Å². The Hall–Kier alpha value is -0.0600. The summed E-state index contributed by atoms with van der Waals surface area (Å²) in [4.78, 5) is 10.8. The van der Waals surface area contributed by atoms with Crippen LogP contribution in [0.4, 0.5) is 0 Å². The van der Waals surface area contributed by atoms with Crippen molar-refractivity contribution in [3.63, 3.8) is 0 Å². The predicted molar refractivity (Wildman–Crippen MR) is 38.4 cm³/mol. The maximum absolute atomic E-state index is 10.8. The molecule has 0 aliphatic carbocycles. The lowest BCUT2D eigenvalue weighted by Gasteiger charge is -2.06. The fraction of sp³-hybridized carbons (Fsp3) is 0.800. The van der Waals surface area contributed by atoms with Crippen LogP contribution in [-0.4, -0.2) is 23.9 Å². The molecular weight excluding hydrogens is 136 g/mol. The second-order valence-corrected chi connectivity index (χ2v) is 2.68. The molecule has 1 aliphatic heterocycles. The molecule has 1 rings (SSSR count). The van der Waals surface area contributed by atoms with Gasteiger partial charge in [0.2, 0.25) is 0 Å². The quantitative estimate of drug-likeness (QED) is 0.358. The van der Waals surface area contributed by atoms with E-state index in [2.05, 4.69) is 23.3 Å². The lowest BCUT2D eigenvalue weighted by atomic mass is 10.2. The number of hydrogen-bond donors (Lipinski definition) is 3. The topological polar surface area (TPSA) is 51.0 Å². The molecule has 52 valence electrons. The van der Waals surface area contributed by atoms with Crippen molar-refractivity contribution >= 4 is 18.4 Å². The van der Waals surface area contributed by atoms with Gasteiger partial charge in [-0.3, -0.25) is 15.4 Å². The summed E-state index contributed by atoms with van der Waals surface area (Å²) in [5.74, 6) is 0.0880. The molecule has 9 heavy (non-hydrogen) atoms. The Balaban J connectivity index is 2.62. The first-order chi connectivity index (χ1) is 4.13. The molecule has 0 aromatic rings. The van der Waals surface area contributed by atoms with Gasteiger partial charge in [0.15, 0.2) is 11.4 Å². The second-order valence-electron chi connectivity index (χ2n) is 2.16. The highest BCUT2D eigenvalue weighted by atomic mass is 32.1. The molecule has 3 nitrogen and oxygen atoms in total. The smallest absolute Gasteiger partial charge is 0.166 e. The highest BCUT2D eigenvalue weighted by Crippen LogP contribution is 2.26. The third kappa shape index (κ3) is 0.870. The molecule has 0 radical (unpaired) electrons. The van der Waals surface area contributed by atoms with Crippen molar-refractivity contribution in [3.8, 4) is 0 Å². The molecule has 1 saturated heterocycles. The highest BCUT2D eigenvalue weighted by molar-refractivity contribution is 7.81. The van der Waals surface area contributed by atoms with Crippen LogP contribution < -0.4 is 10.6 Å². The minimum absolute atomic E-state index is 0.0139. The molecule has 1 aliphatic rings. The number of rotatable bonds is 2. The van der Waals surface area contributed by atoms with Crippen LogP contribution in [-0.2, 0) is 4.79 Å². The molecule has 2 N–H and O–H groups in total. The zero-order valence-electron chi connectivity index (χ0n) is 5.43. The van der Waals surface area contributed by atoms with Crippen LogP contribution in [0.5, 0.6) is 0 Å². The van der Waals surface area contributed by atoms with E-state index in [-0.39, 0.29) is 11.2 Å². The van der Waals surface area contributed by atoms with Gasteiger partial charge in [-0.15, -0.1) is 0 Å². The van der Waals surface area contributed by atoms with Crippen LogP contribution in [0, 0.1) is 0 Å². The van der Waals surface area contributed by atoms with Crippen LogP contribution in [0.15, 0.2) is 0 Å². The largest absolute Gasteiger partial charge is 0.296 e. The van der Waals surface area contributed by atoms with E-state index in [1.807, 2.05) is 0 Å². The number of carbonyl (C=O) groups is 1. The maximum atomic E-state index is 10.8. The van der Waals surface area contributed by atoms with Crippen molar-refractivity contribution in [2.75, 3.05) is 7.05 Å². The Morgan fingerprint density at radius 3 is 2.33 bits per heavy atom. The van der Waals surface area contributed by atoms with E-state index in [1.54, 1.807) is 14.0 Å². The van der Waals surface area contributed by atoms with Crippen molar-refractivity contribution in [3.05, 3.63) is 0 Å². The average Bonchev–Trinajstić information content (AvgIpc) is 2.43. The first kappa shape index (κ1) is 7.05. The lowest BCUT2D eigenvalue weighted by molar-refractivity contribution is -0.120.